The van der Waals surface area contributed by atoms with Gasteiger partial charge in [0, 0.05) is 23.8 Å². The average molecular weight is 396 g/mol. The first kappa shape index (κ1) is 19.7. The number of aliphatic hydroxyl groups is 1. The Labute approximate surface area is 177 Å². The average Bonchev–Trinajstić information content (AvgIpc) is 3.16. The summed E-state index contributed by atoms with van der Waals surface area (Å²) in [6.45, 7) is 0. The number of rotatable bonds is 5. The third-order valence-corrected chi connectivity index (χ3v) is 5.63. The van der Waals surface area contributed by atoms with E-state index in [1.54, 1.807) is 13.2 Å². The maximum absolute atomic E-state index is 13.0. The highest BCUT2D eigenvalue weighted by Crippen LogP contribution is 2.48. The molecule has 1 fully saturated rings. The van der Waals surface area contributed by atoms with Crippen molar-refractivity contribution in [3.8, 4) is 5.75 Å². The Balaban J connectivity index is 1.76. The summed E-state index contributed by atoms with van der Waals surface area (Å²) in [5.41, 5.74) is 3.54. The van der Waals surface area contributed by atoms with Gasteiger partial charge in [0.15, 0.2) is 5.78 Å². The van der Waals surface area contributed by atoms with Crippen molar-refractivity contribution in [2.45, 2.75) is 18.3 Å². The van der Waals surface area contributed by atoms with Gasteiger partial charge in [0.05, 0.1) is 7.11 Å². The van der Waals surface area contributed by atoms with Gasteiger partial charge in [0.25, 0.3) is 0 Å². The Hall–Kier alpha value is -3.59. The summed E-state index contributed by atoms with van der Waals surface area (Å²) in [4.78, 5) is 13.0. The van der Waals surface area contributed by atoms with Crippen molar-refractivity contribution in [2.24, 2.45) is 0 Å². The number of carbonyl (C=O) groups excluding carboxylic acids is 1. The highest BCUT2D eigenvalue weighted by atomic mass is 16.5. The fourth-order valence-electron chi connectivity index (χ4n) is 4.15. The second-order valence-electron chi connectivity index (χ2n) is 7.44. The molecule has 0 aliphatic heterocycles. The molecule has 0 bridgehead atoms. The zero-order valence-corrected chi connectivity index (χ0v) is 16.9. The Morgan fingerprint density at radius 2 is 1.53 bits per heavy atom. The van der Waals surface area contributed by atoms with Crippen molar-refractivity contribution in [1.82, 2.24) is 0 Å². The monoisotopic (exact) mass is 396 g/mol. The summed E-state index contributed by atoms with van der Waals surface area (Å²) in [6.07, 6.45) is 3.83. The molecule has 3 nitrogen and oxygen atoms in total. The lowest BCUT2D eigenvalue weighted by atomic mass is 9.82. The second-order valence-corrected chi connectivity index (χ2v) is 7.44. The molecule has 0 aromatic heterocycles. The zero-order valence-electron chi connectivity index (χ0n) is 16.9. The van der Waals surface area contributed by atoms with E-state index in [0.29, 0.717) is 12.0 Å². The molecule has 1 aliphatic carbocycles. The van der Waals surface area contributed by atoms with E-state index in [-0.39, 0.29) is 23.4 Å². The second kappa shape index (κ2) is 8.83. The number of benzene rings is 3. The quantitative estimate of drug-likeness (QED) is 0.421. The van der Waals surface area contributed by atoms with E-state index >= 15 is 0 Å². The SMILES string of the molecule is COc1ccc([C@H]2CC(=O)/C(=C(O)/C=C/c3ccccc3)[C@@H]2c2ccccc2)cc1. The van der Waals surface area contributed by atoms with Gasteiger partial charge in [-0.25, -0.2) is 0 Å². The van der Waals surface area contributed by atoms with Crippen LogP contribution in [0.25, 0.3) is 6.08 Å². The Bertz CT molecular complexity index is 1060. The Morgan fingerprint density at radius 3 is 2.17 bits per heavy atom. The van der Waals surface area contributed by atoms with Gasteiger partial charge in [0.2, 0.25) is 0 Å². The molecule has 3 aromatic rings. The molecule has 0 saturated heterocycles. The number of allylic oxidation sites excluding steroid dienone is 2. The molecule has 1 N–H and O–H groups in total. The van der Waals surface area contributed by atoms with Gasteiger partial charge in [-0.15, -0.1) is 0 Å². The molecular weight excluding hydrogens is 372 g/mol. The lowest BCUT2D eigenvalue weighted by Crippen LogP contribution is -2.08. The lowest BCUT2D eigenvalue weighted by Gasteiger charge is -2.21. The van der Waals surface area contributed by atoms with Crippen LogP contribution in [0.3, 0.4) is 0 Å². The zero-order chi connectivity index (χ0) is 20.9. The number of aliphatic hydroxyl groups excluding tert-OH is 1. The van der Waals surface area contributed by atoms with Crippen LogP contribution in [0, 0.1) is 0 Å². The standard InChI is InChI=1S/C27H24O3/c1-30-22-15-13-20(14-16-22)23-18-25(29)27(26(23)21-10-6-3-7-11-21)24(28)17-12-19-8-4-2-5-9-19/h2-17,23,26,28H,18H2,1H3/b17-12+,27-24+/t23-,26-/m1/s1. The predicted molar refractivity (Wildman–Crippen MR) is 120 cm³/mol. The molecule has 0 amide bonds. The molecule has 0 radical (unpaired) electrons. The predicted octanol–water partition coefficient (Wildman–Crippen LogP) is 6.06. The van der Waals surface area contributed by atoms with Crippen molar-refractivity contribution >= 4 is 11.9 Å². The molecule has 1 saturated carbocycles. The number of hydrogen-bond acceptors (Lipinski definition) is 3. The molecule has 2 atom stereocenters. The van der Waals surface area contributed by atoms with Crippen LogP contribution in [0.4, 0.5) is 0 Å². The van der Waals surface area contributed by atoms with Gasteiger partial charge in [-0.1, -0.05) is 78.9 Å². The Morgan fingerprint density at radius 1 is 0.900 bits per heavy atom. The van der Waals surface area contributed by atoms with Crippen LogP contribution >= 0.6 is 0 Å². The molecule has 0 spiro atoms. The minimum atomic E-state index is -0.201. The van der Waals surface area contributed by atoms with Crippen LogP contribution in [-0.2, 0) is 4.79 Å². The van der Waals surface area contributed by atoms with Gasteiger partial charge < -0.3 is 9.84 Å². The first-order valence-corrected chi connectivity index (χ1v) is 10.1. The molecule has 150 valence electrons. The highest BCUT2D eigenvalue weighted by Gasteiger charge is 2.41. The molecular formula is C27H24O3. The van der Waals surface area contributed by atoms with E-state index in [1.807, 2.05) is 91.0 Å². The van der Waals surface area contributed by atoms with Crippen LogP contribution in [0.15, 0.2) is 102 Å². The van der Waals surface area contributed by atoms with E-state index in [9.17, 15) is 9.90 Å². The fourth-order valence-corrected chi connectivity index (χ4v) is 4.15. The van der Waals surface area contributed by atoms with Crippen LogP contribution in [-0.4, -0.2) is 18.0 Å². The van der Waals surface area contributed by atoms with Crippen molar-refractivity contribution in [2.75, 3.05) is 7.11 Å². The third-order valence-electron chi connectivity index (χ3n) is 5.63. The van der Waals surface area contributed by atoms with Crippen molar-refractivity contribution < 1.29 is 14.6 Å². The molecule has 0 heterocycles. The summed E-state index contributed by atoms with van der Waals surface area (Å²) in [7, 11) is 1.64. The first-order valence-electron chi connectivity index (χ1n) is 10.1. The number of hydrogen-bond donors (Lipinski definition) is 1. The summed E-state index contributed by atoms with van der Waals surface area (Å²) in [5, 5.41) is 10.9. The maximum atomic E-state index is 13.0. The van der Waals surface area contributed by atoms with Crippen LogP contribution in [0.5, 0.6) is 5.75 Å². The van der Waals surface area contributed by atoms with Crippen molar-refractivity contribution in [3.05, 3.63) is 119 Å². The van der Waals surface area contributed by atoms with E-state index in [4.69, 9.17) is 4.74 Å². The fraction of sp³-hybridized carbons (Fsp3) is 0.148. The molecule has 30 heavy (non-hydrogen) atoms. The lowest BCUT2D eigenvalue weighted by molar-refractivity contribution is -0.114. The molecule has 3 aromatic carbocycles. The maximum Gasteiger partial charge on any atom is 0.163 e. The minimum Gasteiger partial charge on any atom is -0.508 e. The highest BCUT2D eigenvalue weighted by molar-refractivity contribution is 6.01. The third kappa shape index (κ3) is 4.06. The van der Waals surface area contributed by atoms with Gasteiger partial charge in [0.1, 0.15) is 11.5 Å². The van der Waals surface area contributed by atoms with Crippen LogP contribution in [0.2, 0.25) is 0 Å². The van der Waals surface area contributed by atoms with E-state index in [1.165, 1.54) is 0 Å². The summed E-state index contributed by atoms with van der Waals surface area (Å²) < 4.78 is 5.27. The number of ether oxygens (including phenoxy) is 1. The summed E-state index contributed by atoms with van der Waals surface area (Å²) in [5.74, 6) is 0.568. The molecule has 4 rings (SSSR count). The number of carbonyl (C=O) groups is 1. The van der Waals surface area contributed by atoms with Crippen LogP contribution < -0.4 is 4.74 Å². The van der Waals surface area contributed by atoms with Gasteiger partial charge >= 0.3 is 0 Å². The van der Waals surface area contributed by atoms with Gasteiger partial charge in [-0.05, 0) is 34.9 Å². The topological polar surface area (TPSA) is 46.5 Å². The number of Topliss-reactive ketones (excluding diaryl/α,β-unsaturated/α-hetero) is 1. The molecule has 0 unspecified atom stereocenters. The van der Waals surface area contributed by atoms with Crippen molar-refractivity contribution in [1.29, 1.82) is 0 Å². The van der Waals surface area contributed by atoms with Gasteiger partial charge in [-0.2, -0.15) is 0 Å². The van der Waals surface area contributed by atoms with Gasteiger partial charge in [-0.3, -0.25) is 4.79 Å². The van der Waals surface area contributed by atoms with Crippen molar-refractivity contribution in [3.63, 3.8) is 0 Å². The summed E-state index contributed by atoms with van der Waals surface area (Å²) in [6, 6.07) is 27.5. The minimum absolute atomic E-state index is 0.0140. The summed E-state index contributed by atoms with van der Waals surface area (Å²) >= 11 is 0. The van der Waals surface area contributed by atoms with E-state index in [0.717, 1.165) is 22.4 Å². The normalized spacial score (nSPS) is 20.5. The number of methoxy groups -OCH3 is 1. The molecule has 3 heteroatoms. The first-order chi connectivity index (χ1) is 14.7. The van der Waals surface area contributed by atoms with E-state index < -0.39 is 0 Å². The molecule has 1 aliphatic rings. The van der Waals surface area contributed by atoms with Crippen LogP contribution in [0.1, 0.15) is 34.9 Å². The number of ketones is 1. The Kier molecular flexibility index (Phi) is 5.80. The smallest absolute Gasteiger partial charge is 0.163 e. The van der Waals surface area contributed by atoms with E-state index in [2.05, 4.69) is 0 Å². The largest absolute Gasteiger partial charge is 0.508 e.